The SMILES string of the molecule is Cc1cnc2c(c1)c(=O)n(C1CCC(NC(=O)c3cn4cc(F)ccc4n3)CC1)c(=O)n2-c1cccc(-c2ccc(CN[C@H](C)CO)cc2)c1. The number of benzene rings is 2. The molecule has 50 heavy (non-hydrogen) atoms. The predicted octanol–water partition coefficient (Wildman–Crippen LogP) is 4.69. The minimum absolute atomic E-state index is 0.000700. The highest BCUT2D eigenvalue weighted by Gasteiger charge is 2.28. The molecular weight excluding hydrogens is 637 g/mol. The molecule has 11 nitrogen and oxygen atoms in total. The van der Waals surface area contributed by atoms with E-state index in [0.29, 0.717) is 54.6 Å². The predicted molar refractivity (Wildman–Crippen MR) is 189 cm³/mol. The lowest BCUT2D eigenvalue weighted by Crippen LogP contribution is -2.45. The van der Waals surface area contributed by atoms with Gasteiger partial charge >= 0.3 is 5.69 Å². The number of carbonyl (C=O) groups excluding carboxylic acids is 1. The van der Waals surface area contributed by atoms with Crippen molar-refractivity contribution in [2.24, 2.45) is 0 Å². The summed E-state index contributed by atoms with van der Waals surface area (Å²) in [6, 6.07) is 19.8. The first kappa shape index (κ1) is 33.1. The molecule has 7 rings (SSSR count). The van der Waals surface area contributed by atoms with Crippen LogP contribution in [-0.4, -0.2) is 53.2 Å². The number of hydrogen-bond donors (Lipinski definition) is 3. The fourth-order valence-corrected chi connectivity index (χ4v) is 6.68. The van der Waals surface area contributed by atoms with E-state index in [4.69, 9.17) is 0 Å². The Hall–Kier alpha value is -5.46. The van der Waals surface area contributed by atoms with Gasteiger partial charge in [-0.1, -0.05) is 36.4 Å². The number of rotatable bonds is 9. The van der Waals surface area contributed by atoms with Crippen molar-refractivity contribution >= 4 is 22.6 Å². The fraction of sp³-hybridized carbons (Fsp3) is 0.289. The fourth-order valence-electron chi connectivity index (χ4n) is 6.68. The average Bonchev–Trinajstić information content (AvgIpc) is 3.56. The van der Waals surface area contributed by atoms with E-state index in [9.17, 15) is 23.9 Å². The van der Waals surface area contributed by atoms with Crippen molar-refractivity contribution in [2.45, 2.75) is 64.2 Å². The summed E-state index contributed by atoms with van der Waals surface area (Å²) in [6.07, 6.45) is 6.57. The molecule has 256 valence electrons. The topological polar surface area (TPSA) is 136 Å². The number of imidazole rings is 1. The van der Waals surface area contributed by atoms with Gasteiger partial charge in [0.1, 0.15) is 17.2 Å². The molecule has 0 aliphatic heterocycles. The van der Waals surface area contributed by atoms with Gasteiger partial charge in [0.2, 0.25) is 0 Å². The molecular formula is C38H38FN7O4. The summed E-state index contributed by atoms with van der Waals surface area (Å²) in [5, 5.41) is 16.0. The second-order valence-electron chi connectivity index (χ2n) is 13.1. The third-order valence-electron chi connectivity index (χ3n) is 9.43. The molecule has 1 aliphatic carbocycles. The van der Waals surface area contributed by atoms with Crippen LogP contribution >= 0.6 is 0 Å². The third-order valence-corrected chi connectivity index (χ3v) is 9.43. The Morgan fingerprint density at radius 3 is 2.54 bits per heavy atom. The number of aromatic nitrogens is 5. The maximum Gasteiger partial charge on any atom is 0.337 e. The summed E-state index contributed by atoms with van der Waals surface area (Å²) < 4.78 is 18.0. The minimum Gasteiger partial charge on any atom is -0.395 e. The Balaban J connectivity index is 1.15. The molecule has 2 aromatic carbocycles. The van der Waals surface area contributed by atoms with Crippen LogP contribution in [0.15, 0.2) is 94.9 Å². The van der Waals surface area contributed by atoms with E-state index in [-0.39, 0.29) is 41.9 Å². The molecule has 0 radical (unpaired) electrons. The van der Waals surface area contributed by atoms with Gasteiger partial charge in [-0.05, 0) is 92.1 Å². The summed E-state index contributed by atoms with van der Waals surface area (Å²) in [7, 11) is 0. The highest BCUT2D eigenvalue weighted by atomic mass is 19.1. The van der Waals surface area contributed by atoms with E-state index >= 15 is 0 Å². The first-order chi connectivity index (χ1) is 24.2. The third kappa shape index (κ3) is 6.59. The quantitative estimate of drug-likeness (QED) is 0.202. The van der Waals surface area contributed by atoms with Crippen molar-refractivity contribution in [3.63, 3.8) is 0 Å². The normalized spacial score (nSPS) is 16.9. The lowest BCUT2D eigenvalue weighted by molar-refractivity contribution is 0.0917. The number of carbonyl (C=O) groups is 1. The molecule has 1 fully saturated rings. The van der Waals surface area contributed by atoms with Gasteiger partial charge in [-0.2, -0.15) is 0 Å². The number of amides is 1. The molecule has 4 heterocycles. The van der Waals surface area contributed by atoms with Crippen molar-refractivity contribution < 1.29 is 14.3 Å². The zero-order chi connectivity index (χ0) is 34.9. The minimum atomic E-state index is -0.458. The Kier molecular flexibility index (Phi) is 9.13. The van der Waals surface area contributed by atoms with Gasteiger partial charge in [0.05, 0.1) is 17.7 Å². The average molecular weight is 676 g/mol. The van der Waals surface area contributed by atoms with E-state index in [1.54, 1.807) is 12.3 Å². The Bertz CT molecular complexity index is 2320. The van der Waals surface area contributed by atoms with Crippen LogP contribution < -0.4 is 21.9 Å². The maximum absolute atomic E-state index is 14.3. The maximum atomic E-state index is 14.3. The molecule has 12 heteroatoms. The Morgan fingerprint density at radius 1 is 1.00 bits per heavy atom. The van der Waals surface area contributed by atoms with Gasteiger partial charge in [-0.3, -0.25) is 14.2 Å². The Morgan fingerprint density at radius 2 is 1.78 bits per heavy atom. The standard InChI is InChI=1S/C38H38FN7O4/c1-23-16-32-35(41-18-23)45(31-5-3-4-27(17-31)26-8-6-25(7-9-26)19-40-24(2)22-47)38(50)46(37(32)49)30-13-11-29(12-14-30)42-36(48)33-21-44-20-28(39)10-15-34(44)43-33/h3-10,15-18,20-21,24,29-30,40,47H,11-14,19,22H2,1-2H3,(H,42,48)/t24-,29?,30?/m1/s1. The van der Waals surface area contributed by atoms with E-state index in [0.717, 1.165) is 22.3 Å². The van der Waals surface area contributed by atoms with Crippen LogP contribution in [0.2, 0.25) is 0 Å². The molecule has 0 spiro atoms. The van der Waals surface area contributed by atoms with Gasteiger partial charge in [-0.15, -0.1) is 0 Å². The summed E-state index contributed by atoms with van der Waals surface area (Å²) in [4.78, 5) is 50.2. The molecule has 0 unspecified atom stereocenters. The molecule has 1 aliphatic rings. The summed E-state index contributed by atoms with van der Waals surface area (Å²) in [6.45, 7) is 4.49. The zero-order valence-electron chi connectivity index (χ0n) is 27.8. The molecule has 3 N–H and O–H groups in total. The van der Waals surface area contributed by atoms with Gasteiger partial charge < -0.3 is 20.1 Å². The summed E-state index contributed by atoms with van der Waals surface area (Å²) in [5.41, 5.74) is 4.49. The van der Waals surface area contributed by atoms with E-state index in [2.05, 4.69) is 20.6 Å². The highest BCUT2D eigenvalue weighted by molar-refractivity contribution is 5.93. The van der Waals surface area contributed by atoms with Crippen molar-refractivity contribution in [1.82, 2.24) is 34.1 Å². The number of pyridine rings is 2. The molecule has 1 saturated carbocycles. The van der Waals surface area contributed by atoms with Crippen LogP contribution in [0.1, 0.15) is 60.3 Å². The lowest BCUT2D eigenvalue weighted by atomic mass is 9.90. The van der Waals surface area contributed by atoms with Gasteiger partial charge in [-0.25, -0.2) is 23.7 Å². The van der Waals surface area contributed by atoms with Crippen LogP contribution in [0.25, 0.3) is 33.5 Å². The zero-order valence-corrected chi connectivity index (χ0v) is 27.8. The van der Waals surface area contributed by atoms with E-state index in [1.807, 2.05) is 62.4 Å². The van der Waals surface area contributed by atoms with Gasteiger partial charge in [0, 0.05) is 43.3 Å². The van der Waals surface area contributed by atoms with Crippen LogP contribution in [0.3, 0.4) is 0 Å². The lowest BCUT2D eigenvalue weighted by Gasteiger charge is -2.30. The molecule has 1 amide bonds. The second kappa shape index (κ2) is 13.8. The van der Waals surface area contributed by atoms with Crippen LogP contribution in [0, 0.1) is 12.7 Å². The molecule has 0 saturated heterocycles. The molecule has 1 atom stereocenters. The number of aryl methyl sites for hydroxylation is 1. The number of nitrogens with zero attached hydrogens (tertiary/aromatic N) is 5. The summed E-state index contributed by atoms with van der Waals surface area (Å²) in [5.74, 6) is -0.780. The highest BCUT2D eigenvalue weighted by Crippen LogP contribution is 2.28. The molecule has 4 aromatic heterocycles. The molecule has 0 bridgehead atoms. The summed E-state index contributed by atoms with van der Waals surface area (Å²) >= 11 is 0. The number of fused-ring (bicyclic) bond motifs is 2. The Labute approximate surface area is 287 Å². The van der Waals surface area contributed by atoms with Crippen molar-refractivity contribution in [3.8, 4) is 16.8 Å². The molecule has 6 aromatic rings. The van der Waals surface area contributed by atoms with Crippen LogP contribution in [0.5, 0.6) is 0 Å². The number of aliphatic hydroxyl groups is 1. The number of nitrogens with one attached hydrogen (secondary N) is 2. The van der Waals surface area contributed by atoms with Crippen LogP contribution in [-0.2, 0) is 6.54 Å². The smallest absolute Gasteiger partial charge is 0.337 e. The van der Waals surface area contributed by atoms with Gasteiger partial charge in [0.25, 0.3) is 11.5 Å². The van der Waals surface area contributed by atoms with Crippen molar-refractivity contribution in [3.05, 3.63) is 129 Å². The number of halogens is 1. The van der Waals surface area contributed by atoms with E-state index in [1.165, 1.54) is 38.1 Å². The monoisotopic (exact) mass is 675 g/mol. The number of hydrogen-bond acceptors (Lipinski definition) is 7. The first-order valence-corrected chi connectivity index (χ1v) is 16.8. The largest absolute Gasteiger partial charge is 0.395 e. The van der Waals surface area contributed by atoms with Crippen molar-refractivity contribution in [1.29, 1.82) is 0 Å². The van der Waals surface area contributed by atoms with Crippen LogP contribution in [0.4, 0.5) is 4.39 Å². The van der Waals surface area contributed by atoms with Crippen molar-refractivity contribution in [2.75, 3.05) is 6.61 Å². The second-order valence-corrected chi connectivity index (χ2v) is 13.1. The first-order valence-electron chi connectivity index (χ1n) is 16.8. The number of aliphatic hydroxyl groups excluding tert-OH is 1. The van der Waals surface area contributed by atoms with E-state index < -0.39 is 11.5 Å². The van der Waals surface area contributed by atoms with Gasteiger partial charge in [0.15, 0.2) is 5.65 Å².